The molecule has 0 saturated carbocycles. The number of thiazole rings is 1. The summed E-state index contributed by atoms with van der Waals surface area (Å²) in [4.78, 5) is 6.92. The lowest BCUT2D eigenvalue weighted by molar-refractivity contribution is 0.0663. The minimum Gasteiger partial charge on any atom is -0.392 e. The van der Waals surface area contributed by atoms with Crippen molar-refractivity contribution in [3.05, 3.63) is 16.1 Å². The molecule has 1 fully saturated rings. The number of nitrogens with zero attached hydrogens (tertiary/aromatic N) is 2. The molecule has 3 nitrogen and oxygen atoms in total. The van der Waals surface area contributed by atoms with Crippen LogP contribution in [0.1, 0.15) is 43.3 Å². The standard InChI is InChI=1S/C12H20N2OS/c1-9(2)12-13-10(8-16-12)6-14-5-3-4-11(15)7-14/h8-9,11,15H,3-7H2,1-2H3/t11-/m0/s1. The van der Waals surface area contributed by atoms with Gasteiger partial charge in [0.15, 0.2) is 0 Å². The fourth-order valence-electron chi connectivity index (χ4n) is 2.06. The highest BCUT2D eigenvalue weighted by molar-refractivity contribution is 7.09. The average molecular weight is 240 g/mol. The van der Waals surface area contributed by atoms with Gasteiger partial charge in [-0.25, -0.2) is 4.98 Å². The minimum atomic E-state index is -0.142. The molecule has 2 rings (SSSR count). The zero-order valence-corrected chi connectivity index (χ0v) is 10.8. The summed E-state index contributed by atoms with van der Waals surface area (Å²) in [6.07, 6.45) is 1.91. The van der Waals surface area contributed by atoms with Gasteiger partial charge in [-0.15, -0.1) is 11.3 Å². The van der Waals surface area contributed by atoms with Crippen LogP contribution in [0.25, 0.3) is 0 Å². The molecule has 0 spiro atoms. The lowest BCUT2D eigenvalue weighted by Crippen LogP contribution is -2.37. The van der Waals surface area contributed by atoms with E-state index >= 15 is 0 Å². The van der Waals surface area contributed by atoms with Crippen molar-refractivity contribution in [3.63, 3.8) is 0 Å². The number of likely N-dealkylation sites (tertiary alicyclic amines) is 1. The number of hydrogen-bond acceptors (Lipinski definition) is 4. The Morgan fingerprint density at radius 1 is 1.62 bits per heavy atom. The van der Waals surface area contributed by atoms with Gasteiger partial charge in [-0.2, -0.15) is 0 Å². The molecule has 0 bridgehead atoms. The van der Waals surface area contributed by atoms with Gasteiger partial charge in [0, 0.05) is 24.4 Å². The predicted molar refractivity (Wildman–Crippen MR) is 66.7 cm³/mol. The third kappa shape index (κ3) is 3.03. The van der Waals surface area contributed by atoms with Crippen LogP contribution in [0.5, 0.6) is 0 Å². The van der Waals surface area contributed by atoms with Crippen LogP contribution in [0.4, 0.5) is 0 Å². The maximum Gasteiger partial charge on any atom is 0.0954 e. The van der Waals surface area contributed by atoms with Gasteiger partial charge < -0.3 is 5.11 Å². The molecule has 90 valence electrons. The number of hydrogen-bond donors (Lipinski definition) is 1. The zero-order valence-electron chi connectivity index (χ0n) is 10.0. The zero-order chi connectivity index (χ0) is 11.5. The van der Waals surface area contributed by atoms with Crippen LogP contribution in [0, 0.1) is 0 Å². The largest absolute Gasteiger partial charge is 0.392 e. The number of β-amino-alcohol motifs (C(OH)–C–C–N with tert-alkyl or cyclic N) is 1. The molecule has 1 aromatic rings. The molecule has 0 unspecified atom stereocenters. The van der Waals surface area contributed by atoms with E-state index in [9.17, 15) is 5.11 Å². The molecule has 2 heterocycles. The van der Waals surface area contributed by atoms with Crippen molar-refractivity contribution in [3.8, 4) is 0 Å². The highest BCUT2D eigenvalue weighted by Gasteiger charge is 2.18. The van der Waals surface area contributed by atoms with Crippen LogP contribution >= 0.6 is 11.3 Å². The fourth-order valence-corrected chi connectivity index (χ4v) is 2.89. The van der Waals surface area contributed by atoms with E-state index in [-0.39, 0.29) is 6.10 Å². The molecule has 1 N–H and O–H groups in total. The third-order valence-corrected chi connectivity index (χ3v) is 4.12. The summed E-state index contributed by atoms with van der Waals surface area (Å²) in [7, 11) is 0. The summed E-state index contributed by atoms with van der Waals surface area (Å²) < 4.78 is 0. The summed E-state index contributed by atoms with van der Waals surface area (Å²) in [5.41, 5.74) is 1.16. The number of rotatable bonds is 3. The molecule has 1 aliphatic heterocycles. The number of aromatic nitrogens is 1. The molecule has 1 aromatic heterocycles. The van der Waals surface area contributed by atoms with Gasteiger partial charge in [0.2, 0.25) is 0 Å². The van der Waals surface area contributed by atoms with E-state index in [1.54, 1.807) is 11.3 Å². The van der Waals surface area contributed by atoms with E-state index in [1.807, 2.05) is 0 Å². The van der Waals surface area contributed by atoms with Crippen LogP contribution in [0.15, 0.2) is 5.38 Å². The Balaban J connectivity index is 1.92. The van der Waals surface area contributed by atoms with Crippen molar-refractivity contribution in [2.75, 3.05) is 13.1 Å². The smallest absolute Gasteiger partial charge is 0.0954 e. The van der Waals surface area contributed by atoms with Gasteiger partial charge in [-0.1, -0.05) is 13.8 Å². The summed E-state index contributed by atoms with van der Waals surface area (Å²) >= 11 is 1.75. The summed E-state index contributed by atoms with van der Waals surface area (Å²) in [5, 5.41) is 13.0. The lowest BCUT2D eigenvalue weighted by atomic mass is 10.1. The maximum absolute atomic E-state index is 9.59. The normalized spacial score (nSPS) is 22.9. The molecule has 1 saturated heterocycles. The second kappa shape index (κ2) is 5.25. The van der Waals surface area contributed by atoms with E-state index in [4.69, 9.17) is 0 Å². The minimum absolute atomic E-state index is 0.142. The van der Waals surface area contributed by atoms with E-state index < -0.39 is 0 Å². The third-order valence-electron chi connectivity index (χ3n) is 2.93. The van der Waals surface area contributed by atoms with Gasteiger partial charge in [0.25, 0.3) is 0 Å². The highest BCUT2D eigenvalue weighted by atomic mass is 32.1. The Bertz CT molecular complexity index is 338. The highest BCUT2D eigenvalue weighted by Crippen LogP contribution is 2.21. The average Bonchev–Trinajstić information content (AvgIpc) is 2.66. The first-order valence-electron chi connectivity index (χ1n) is 6.00. The van der Waals surface area contributed by atoms with E-state index in [0.29, 0.717) is 5.92 Å². The SMILES string of the molecule is CC(C)c1nc(CN2CCC[C@H](O)C2)cs1. The molecular formula is C12H20N2OS. The van der Waals surface area contributed by atoms with Crippen LogP contribution in [0.3, 0.4) is 0 Å². The van der Waals surface area contributed by atoms with Crippen LogP contribution < -0.4 is 0 Å². The first-order chi connectivity index (χ1) is 7.65. The summed E-state index contributed by atoms with van der Waals surface area (Å²) in [5.74, 6) is 0.519. The first kappa shape index (κ1) is 12.0. The molecule has 1 atom stereocenters. The molecule has 16 heavy (non-hydrogen) atoms. The van der Waals surface area contributed by atoms with E-state index in [0.717, 1.165) is 38.2 Å². The van der Waals surface area contributed by atoms with E-state index in [2.05, 4.69) is 29.1 Å². The monoisotopic (exact) mass is 240 g/mol. The maximum atomic E-state index is 9.59. The van der Waals surface area contributed by atoms with Crippen molar-refractivity contribution in [1.29, 1.82) is 0 Å². The van der Waals surface area contributed by atoms with Gasteiger partial charge in [0.05, 0.1) is 16.8 Å². The van der Waals surface area contributed by atoms with Crippen molar-refractivity contribution >= 4 is 11.3 Å². The molecule has 0 amide bonds. The van der Waals surface area contributed by atoms with Gasteiger partial charge in [-0.3, -0.25) is 4.90 Å². The topological polar surface area (TPSA) is 36.4 Å². The molecule has 0 radical (unpaired) electrons. The van der Waals surface area contributed by atoms with Crippen LogP contribution in [0.2, 0.25) is 0 Å². The fraction of sp³-hybridized carbons (Fsp3) is 0.750. The van der Waals surface area contributed by atoms with Crippen molar-refractivity contribution < 1.29 is 5.11 Å². The quantitative estimate of drug-likeness (QED) is 0.880. The number of aliphatic hydroxyl groups excluding tert-OH is 1. The molecule has 1 aliphatic rings. The van der Waals surface area contributed by atoms with Gasteiger partial charge in [-0.05, 0) is 19.4 Å². The van der Waals surface area contributed by atoms with E-state index in [1.165, 1.54) is 5.01 Å². The second-order valence-electron chi connectivity index (χ2n) is 4.86. The Morgan fingerprint density at radius 2 is 2.44 bits per heavy atom. The second-order valence-corrected chi connectivity index (χ2v) is 5.75. The predicted octanol–water partition coefficient (Wildman–Crippen LogP) is 2.22. The van der Waals surface area contributed by atoms with Crippen molar-refractivity contribution in [2.45, 2.75) is 45.3 Å². The van der Waals surface area contributed by atoms with Gasteiger partial charge >= 0.3 is 0 Å². The molecule has 4 heteroatoms. The number of aliphatic hydroxyl groups is 1. The van der Waals surface area contributed by atoms with Crippen molar-refractivity contribution in [2.24, 2.45) is 0 Å². The Labute approximate surface area is 101 Å². The van der Waals surface area contributed by atoms with Crippen LogP contribution in [-0.4, -0.2) is 34.2 Å². The van der Waals surface area contributed by atoms with Gasteiger partial charge in [0.1, 0.15) is 0 Å². The lowest BCUT2D eigenvalue weighted by Gasteiger charge is -2.29. The Kier molecular flexibility index (Phi) is 3.95. The Hall–Kier alpha value is -0.450. The van der Waals surface area contributed by atoms with Crippen LogP contribution in [-0.2, 0) is 6.54 Å². The molecular weight excluding hydrogens is 220 g/mol. The number of piperidine rings is 1. The van der Waals surface area contributed by atoms with Crippen molar-refractivity contribution in [1.82, 2.24) is 9.88 Å². The first-order valence-corrected chi connectivity index (χ1v) is 6.88. The summed E-state index contributed by atoms with van der Waals surface area (Å²) in [6.45, 7) is 7.13. The Morgan fingerprint density at radius 3 is 3.06 bits per heavy atom. The molecule has 0 aliphatic carbocycles. The summed E-state index contributed by atoms with van der Waals surface area (Å²) in [6, 6.07) is 0. The molecule has 0 aromatic carbocycles.